The van der Waals surface area contributed by atoms with Crippen molar-refractivity contribution in [3.8, 4) is 23.0 Å². The van der Waals surface area contributed by atoms with Gasteiger partial charge in [0.05, 0.1) is 19.8 Å². The highest BCUT2D eigenvalue weighted by Crippen LogP contribution is 2.29. The molecule has 0 aliphatic carbocycles. The first-order chi connectivity index (χ1) is 12.7. The van der Waals surface area contributed by atoms with Gasteiger partial charge in [0, 0.05) is 6.08 Å². The van der Waals surface area contributed by atoms with Crippen LogP contribution in [0, 0.1) is 0 Å². The van der Waals surface area contributed by atoms with Gasteiger partial charge in [-0.1, -0.05) is 18.2 Å². The SMILES string of the molecule is CCOc1ccc(/C=C/C(=O)Oc2ccccc2OCC)cc1OCC. The van der Waals surface area contributed by atoms with Gasteiger partial charge in [-0.2, -0.15) is 0 Å². The minimum absolute atomic E-state index is 0.394. The molecular weight excluding hydrogens is 332 g/mol. The maximum atomic E-state index is 12.1. The van der Waals surface area contributed by atoms with Gasteiger partial charge in [0.1, 0.15) is 0 Å². The highest BCUT2D eigenvalue weighted by atomic mass is 16.6. The second-order valence-corrected chi connectivity index (χ2v) is 5.21. The number of hydrogen-bond acceptors (Lipinski definition) is 5. The fourth-order valence-corrected chi connectivity index (χ4v) is 2.29. The molecule has 0 amide bonds. The third-order valence-electron chi connectivity index (χ3n) is 3.34. The molecule has 138 valence electrons. The lowest BCUT2D eigenvalue weighted by Crippen LogP contribution is -2.05. The molecule has 0 saturated carbocycles. The fraction of sp³-hybridized carbons (Fsp3) is 0.286. The van der Waals surface area contributed by atoms with E-state index < -0.39 is 5.97 Å². The highest BCUT2D eigenvalue weighted by molar-refractivity contribution is 5.89. The molecule has 5 nitrogen and oxygen atoms in total. The van der Waals surface area contributed by atoms with Gasteiger partial charge in [0.2, 0.25) is 0 Å². The Bertz CT molecular complexity index is 752. The van der Waals surface area contributed by atoms with Gasteiger partial charge >= 0.3 is 5.97 Å². The summed E-state index contributed by atoms with van der Waals surface area (Å²) >= 11 is 0. The molecule has 0 unspecified atom stereocenters. The van der Waals surface area contributed by atoms with Crippen LogP contribution in [0.2, 0.25) is 0 Å². The molecule has 0 aliphatic rings. The molecule has 0 N–H and O–H groups in total. The minimum atomic E-state index is -0.482. The number of rotatable bonds is 9. The van der Waals surface area contributed by atoms with Crippen LogP contribution in [0.1, 0.15) is 26.3 Å². The van der Waals surface area contributed by atoms with Crippen LogP contribution in [0.4, 0.5) is 0 Å². The Balaban J connectivity index is 2.09. The van der Waals surface area contributed by atoms with E-state index in [0.717, 1.165) is 5.56 Å². The second-order valence-electron chi connectivity index (χ2n) is 5.21. The molecular formula is C21H24O5. The zero-order chi connectivity index (χ0) is 18.8. The summed E-state index contributed by atoms with van der Waals surface area (Å²) in [7, 11) is 0. The van der Waals surface area contributed by atoms with Crippen LogP contribution in [0.25, 0.3) is 6.08 Å². The molecule has 0 aliphatic heterocycles. The summed E-state index contributed by atoms with van der Waals surface area (Å²) in [5.41, 5.74) is 0.812. The van der Waals surface area contributed by atoms with Crippen molar-refractivity contribution in [2.75, 3.05) is 19.8 Å². The third-order valence-corrected chi connectivity index (χ3v) is 3.34. The molecule has 26 heavy (non-hydrogen) atoms. The topological polar surface area (TPSA) is 54.0 Å². The Labute approximate surface area is 154 Å². The molecule has 2 aromatic carbocycles. The summed E-state index contributed by atoms with van der Waals surface area (Å²) < 4.78 is 21.9. The molecule has 2 aromatic rings. The minimum Gasteiger partial charge on any atom is -0.490 e. The zero-order valence-electron chi connectivity index (χ0n) is 15.4. The van der Waals surface area contributed by atoms with Gasteiger partial charge in [-0.15, -0.1) is 0 Å². The van der Waals surface area contributed by atoms with Gasteiger partial charge < -0.3 is 18.9 Å². The molecule has 0 atom stereocenters. The Kier molecular flexibility index (Phi) is 7.55. The van der Waals surface area contributed by atoms with Crippen molar-refractivity contribution in [3.05, 3.63) is 54.1 Å². The predicted octanol–water partition coefficient (Wildman–Crippen LogP) is 4.50. The Morgan fingerprint density at radius 3 is 2.04 bits per heavy atom. The Morgan fingerprint density at radius 2 is 1.38 bits per heavy atom. The normalized spacial score (nSPS) is 10.6. The maximum Gasteiger partial charge on any atom is 0.336 e. The Hall–Kier alpha value is -2.95. The first-order valence-electron chi connectivity index (χ1n) is 8.69. The van der Waals surface area contributed by atoms with E-state index >= 15 is 0 Å². The van der Waals surface area contributed by atoms with Crippen molar-refractivity contribution in [2.45, 2.75) is 20.8 Å². The summed E-state index contributed by atoms with van der Waals surface area (Å²) in [6.07, 6.45) is 3.04. The van der Waals surface area contributed by atoms with Gasteiger partial charge in [0.25, 0.3) is 0 Å². The van der Waals surface area contributed by atoms with Crippen LogP contribution < -0.4 is 18.9 Å². The molecule has 2 rings (SSSR count). The molecule has 5 heteroatoms. The summed E-state index contributed by atoms with van der Waals surface area (Å²) in [4.78, 5) is 12.1. The summed E-state index contributed by atoms with van der Waals surface area (Å²) in [6, 6.07) is 12.6. The van der Waals surface area contributed by atoms with Crippen molar-refractivity contribution < 1.29 is 23.7 Å². The van der Waals surface area contributed by atoms with Gasteiger partial charge in [-0.3, -0.25) is 0 Å². The first-order valence-corrected chi connectivity index (χ1v) is 8.69. The van der Waals surface area contributed by atoms with E-state index in [-0.39, 0.29) is 0 Å². The van der Waals surface area contributed by atoms with Crippen LogP contribution in [0.15, 0.2) is 48.5 Å². The molecule has 0 heterocycles. The zero-order valence-corrected chi connectivity index (χ0v) is 15.4. The maximum absolute atomic E-state index is 12.1. The molecule has 0 saturated heterocycles. The highest BCUT2D eigenvalue weighted by Gasteiger charge is 2.08. The average Bonchev–Trinajstić information content (AvgIpc) is 2.64. The van der Waals surface area contributed by atoms with Crippen molar-refractivity contribution in [1.82, 2.24) is 0 Å². The largest absolute Gasteiger partial charge is 0.490 e. The average molecular weight is 356 g/mol. The molecule has 0 radical (unpaired) electrons. The number of ether oxygens (including phenoxy) is 4. The quantitative estimate of drug-likeness (QED) is 0.376. The monoisotopic (exact) mass is 356 g/mol. The number of carbonyl (C=O) groups is 1. The lowest BCUT2D eigenvalue weighted by molar-refractivity contribution is -0.129. The number of esters is 1. The molecule has 0 bridgehead atoms. The fourth-order valence-electron chi connectivity index (χ4n) is 2.29. The van der Waals surface area contributed by atoms with E-state index in [1.165, 1.54) is 6.08 Å². The van der Waals surface area contributed by atoms with E-state index in [0.29, 0.717) is 42.8 Å². The molecule has 0 spiro atoms. The predicted molar refractivity (Wildman–Crippen MR) is 101 cm³/mol. The van der Waals surface area contributed by atoms with Crippen LogP contribution in [0.5, 0.6) is 23.0 Å². The van der Waals surface area contributed by atoms with Gasteiger partial charge in [-0.05, 0) is 56.7 Å². The molecule has 0 aromatic heterocycles. The number of hydrogen-bond donors (Lipinski definition) is 0. The van der Waals surface area contributed by atoms with Crippen molar-refractivity contribution >= 4 is 12.0 Å². The standard InChI is InChI=1S/C21H24O5/c1-4-23-17-9-7-8-10-19(17)26-21(22)14-12-16-11-13-18(24-5-2)20(15-16)25-6-3/h7-15H,4-6H2,1-3H3/b14-12+. The van der Waals surface area contributed by atoms with Crippen LogP contribution in [-0.4, -0.2) is 25.8 Å². The van der Waals surface area contributed by atoms with Crippen molar-refractivity contribution in [2.24, 2.45) is 0 Å². The van der Waals surface area contributed by atoms with E-state index in [1.807, 2.05) is 45.0 Å². The van der Waals surface area contributed by atoms with E-state index in [9.17, 15) is 4.79 Å². The summed E-state index contributed by atoms with van der Waals surface area (Å²) in [6.45, 7) is 7.28. The number of para-hydroxylation sites is 2. The van der Waals surface area contributed by atoms with E-state index in [4.69, 9.17) is 18.9 Å². The van der Waals surface area contributed by atoms with Gasteiger partial charge in [-0.25, -0.2) is 4.79 Å². The molecule has 0 fully saturated rings. The number of benzene rings is 2. The van der Waals surface area contributed by atoms with E-state index in [2.05, 4.69) is 0 Å². The van der Waals surface area contributed by atoms with Crippen LogP contribution in [0.3, 0.4) is 0 Å². The van der Waals surface area contributed by atoms with Crippen LogP contribution in [-0.2, 0) is 4.79 Å². The Morgan fingerprint density at radius 1 is 0.808 bits per heavy atom. The number of carbonyl (C=O) groups excluding carboxylic acids is 1. The summed E-state index contributed by atoms with van der Waals surface area (Å²) in [5, 5.41) is 0. The van der Waals surface area contributed by atoms with Gasteiger partial charge in [0.15, 0.2) is 23.0 Å². The smallest absolute Gasteiger partial charge is 0.336 e. The summed E-state index contributed by atoms with van der Waals surface area (Å²) in [5.74, 6) is 1.78. The van der Waals surface area contributed by atoms with E-state index in [1.54, 1.807) is 24.3 Å². The van der Waals surface area contributed by atoms with Crippen molar-refractivity contribution in [3.63, 3.8) is 0 Å². The lowest BCUT2D eigenvalue weighted by Gasteiger charge is -2.11. The van der Waals surface area contributed by atoms with Crippen LogP contribution >= 0.6 is 0 Å². The third kappa shape index (κ3) is 5.55. The lowest BCUT2D eigenvalue weighted by atomic mass is 10.2. The van der Waals surface area contributed by atoms with Crippen molar-refractivity contribution in [1.29, 1.82) is 0 Å². The first kappa shape index (κ1) is 19.4. The second kappa shape index (κ2) is 10.1.